The SMILES string of the molecule is CC#CCn1c(N2CCCC(N)C2)nc2ccn(CC3=NC4CCCCC4c4ccccc43)c(=O)c21. The number of hydrogen-bond acceptors (Lipinski definition) is 5. The molecule has 3 aromatic rings. The minimum absolute atomic E-state index is 0.0450. The van der Waals surface area contributed by atoms with E-state index in [0.29, 0.717) is 36.1 Å². The molecule has 1 aromatic carbocycles. The highest BCUT2D eigenvalue weighted by Crippen LogP contribution is 2.40. The van der Waals surface area contributed by atoms with Crippen molar-refractivity contribution in [3.8, 4) is 11.8 Å². The van der Waals surface area contributed by atoms with E-state index in [0.717, 1.165) is 44.0 Å². The summed E-state index contributed by atoms with van der Waals surface area (Å²) < 4.78 is 3.78. The first-order chi connectivity index (χ1) is 17.6. The second-order valence-electron chi connectivity index (χ2n) is 10.4. The van der Waals surface area contributed by atoms with Crippen molar-refractivity contribution in [2.45, 2.75) is 76.5 Å². The van der Waals surface area contributed by atoms with E-state index in [1.165, 1.54) is 30.4 Å². The standard InChI is InChI=1S/C29H34N6O/c1-2-3-16-35-27-25(32-29(35)34-15-8-9-20(30)18-34)14-17-33(28(27)36)19-26-23-12-5-4-10-21(23)22-11-6-7-13-24(22)31-26/h4-5,10,12,14,17,20,22,24H,6-9,11,13,15-16,18-19,30H2,1H3. The first kappa shape index (κ1) is 23.1. The average molecular weight is 483 g/mol. The van der Waals surface area contributed by atoms with Gasteiger partial charge in [0.1, 0.15) is 5.52 Å². The summed E-state index contributed by atoms with van der Waals surface area (Å²) in [6, 6.07) is 11.0. The maximum Gasteiger partial charge on any atom is 0.277 e. The summed E-state index contributed by atoms with van der Waals surface area (Å²) in [6.45, 7) is 4.35. The Morgan fingerprint density at radius 1 is 1.11 bits per heavy atom. The molecule has 3 unspecified atom stereocenters. The molecule has 1 saturated carbocycles. The highest BCUT2D eigenvalue weighted by molar-refractivity contribution is 6.03. The van der Waals surface area contributed by atoms with Gasteiger partial charge in [-0.05, 0) is 44.2 Å². The van der Waals surface area contributed by atoms with Crippen LogP contribution in [-0.2, 0) is 13.1 Å². The summed E-state index contributed by atoms with van der Waals surface area (Å²) >= 11 is 0. The molecule has 6 rings (SSSR count). The van der Waals surface area contributed by atoms with Crippen LogP contribution < -0.4 is 16.2 Å². The highest BCUT2D eigenvalue weighted by atomic mass is 16.1. The molecule has 2 aliphatic heterocycles. The lowest BCUT2D eigenvalue weighted by Gasteiger charge is -2.35. The molecule has 1 aliphatic carbocycles. The van der Waals surface area contributed by atoms with Gasteiger partial charge in [0.05, 0.1) is 30.4 Å². The van der Waals surface area contributed by atoms with Gasteiger partial charge in [0.25, 0.3) is 5.56 Å². The number of aromatic nitrogens is 3. The normalized spacial score (nSPS) is 23.4. The molecule has 3 atom stereocenters. The number of fused-ring (bicyclic) bond motifs is 4. The Balaban J connectivity index is 1.42. The molecule has 1 saturated heterocycles. The van der Waals surface area contributed by atoms with Crippen LogP contribution in [0.1, 0.15) is 62.5 Å². The van der Waals surface area contributed by atoms with E-state index >= 15 is 0 Å². The topological polar surface area (TPSA) is 81.4 Å². The number of imidazole rings is 1. The van der Waals surface area contributed by atoms with Crippen molar-refractivity contribution in [1.29, 1.82) is 0 Å². The van der Waals surface area contributed by atoms with Gasteiger partial charge in [-0.15, -0.1) is 5.92 Å². The lowest BCUT2D eigenvalue weighted by Crippen LogP contribution is -2.44. The monoisotopic (exact) mass is 482 g/mol. The third kappa shape index (κ3) is 4.04. The van der Waals surface area contributed by atoms with Crippen molar-refractivity contribution in [2.24, 2.45) is 10.7 Å². The van der Waals surface area contributed by atoms with Gasteiger partial charge < -0.3 is 15.2 Å². The van der Waals surface area contributed by atoms with Crippen molar-refractivity contribution in [2.75, 3.05) is 18.0 Å². The molecule has 2 N–H and O–H groups in total. The van der Waals surface area contributed by atoms with Crippen molar-refractivity contribution in [3.63, 3.8) is 0 Å². The molecule has 2 fully saturated rings. The van der Waals surface area contributed by atoms with Gasteiger partial charge in [0, 0.05) is 36.8 Å². The summed E-state index contributed by atoms with van der Waals surface area (Å²) in [5, 5.41) is 0. The molecule has 186 valence electrons. The fourth-order valence-corrected chi connectivity index (χ4v) is 6.30. The zero-order valence-electron chi connectivity index (χ0n) is 21.0. The number of rotatable bonds is 4. The summed E-state index contributed by atoms with van der Waals surface area (Å²) in [6.07, 6.45) is 8.74. The van der Waals surface area contributed by atoms with E-state index in [9.17, 15) is 4.79 Å². The second kappa shape index (κ2) is 9.59. The lowest BCUT2D eigenvalue weighted by molar-refractivity contribution is 0.382. The van der Waals surface area contributed by atoms with E-state index in [1.807, 2.05) is 23.8 Å². The molecule has 2 aromatic heterocycles. The van der Waals surface area contributed by atoms with Crippen LogP contribution in [-0.4, -0.2) is 45.0 Å². The quantitative estimate of drug-likeness (QED) is 0.575. The third-order valence-electron chi connectivity index (χ3n) is 8.05. The summed E-state index contributed by atoms with van der Waals surface area (Å²) in [4.78, 5) is 26.2. The Hall–Kier alpha value is -3.37. The molecule has 0 radical (unpaired) electrons. The van der Waals surface area contributed by atoms with Crippen molar-refractivity contribution < 1.29 is 0 Å². The Bertz CT molecular complexity index is 1440. The van der Waals surface area contributed by atoms with Gasteiger partial charge in [-0.2, -0.15) is 0 Å². The minimum Gasteiger partial charge on any atom is -0.341 e. The Labute approximate surface area is 212 Å². The van der Waals surface area contributed by atoms with Gasteiger partial charge in [-0.3, -0.25) is 14.4 Å². The molecule has 3 aliphatic rings. The van der Waals surface area contributed by atoms with Crippen molar-refractivity contribution in [3.05, 3.63) is 58.0 Å². The average Bonchev–Trinajstić information content (AvgIpc) is 3.28. The van der Waals surface area contributed by atoms with E-state index in [1.54, 1.807) is 4.57 Å². The molecule has 0 bridgehead atoms. The van der Waals surface area contributed by atoms with Crippen LogP contribution in [0.2, 0.25) is 0 Å². The number of aliphatic imine (C=N–C) groups is 1. The highest BCUT2D eigenvalue weighted by Gasteiger charge is 2.33. The Morgan fingerprint density at radius 3 is 2.83 bits per heavy atom. The van der Waals surface area contributed by atoms with Gasteiger partial charge in [0.2, 0.25) is 5.95 Å². The van der Waals surface area contributed by atoms with E-state index in [4.69, 9.17) is 15.7 Å². The van der Waals surface area contributed by atoms with E-state index < -0.39 is 0 Å². The molecular weight excluding hydrogens is 448 g/mol. The van der Waals surface area contributed by atoms with Crippen LogP contribution in [0.3, 0.4) is 0 Å². The zero-order chi connectivity index (χ0) is 24.6. The Morgan fingerprint density at radius 2 is 1.97 bits per heavy atom. The molecule has 0 amide bonds. The number of hydrogen-bond donors (Lipinski definition) is 1. The number of piperidine rings is 1. The fraction of sp³-hybridized carbons (Fsp3) is 0.483. The summed E-state index contributed by atoms with van der Waals surface area (Å²) in [5.74, 6) is 7.43. The van der Waals surface area contributed by atoms with Gasteiger partial charge in [-0.1, -0.05) is 43.0 Å². The smallest absolute Gasteiger partial charge is 0.277 e. The third-order valence-corrected chi connectivity index (χ3v) is 8.05. The summed E-state index contributed by atoms with van der Waals surface area (Å²) in [7, 11) is 0. The minimum atomic E-state index is -0.0450. The van der Waals surface area contributed by atoms with Gasteiger partial charge in [-0.25, -0.2) is 4.98 Å². The number of nitrogens with two attached hydrogens (primary N) is 1. The molecule has 0 spiro atoms. The van der Waals surface area contributed by atoms with E-state index in [-0.39, 0.29) is 11.6 Å². The Kier molecular flexibility index (Phi) is 6.14. The molecule has 36 heavy (non-hydrogen) atoms. The van der Waals surface area contributed by atoms with Gasteiger partial charge in [0.15, 0.2) is 0 Å². The van der Waals surface area contributed by atoms with Crippen LogP contribution in [0.15, 0.2) is 46.3 Å². The molecule has 7 heteroatoms. The molecular formula is C29H34N6O. The van der Waals surface area contributed by atoms with Crippen molar-refractivity contribution in [1.82, 2.24) is 14.1 Å². The maximum atomic E-state index is 13.9. The van der Waals surface area contributed by atoms with Crippen LogP contribution in [0.5, 0.6) is 0 Å². The molecule has 4 heterocycles. The second-order valence-corrected chi connectivity index (χ2v) is 10.4. The number of benzene rings is 1. The predicted octanol–water partition coefficient (Wildman–Crippen LogP) is 3.68. The zero-order valence-corrected chi connectivity index (χ0v) is 21.0. The number of pyridine rings is 1. The summed E-state index contributed by atoms with van der Waals surface area (Å²) in [5.41, 5.74) is 11.1. The first-order valence-corrected chi connectivity index (χ1v) is 13.3. The van der Waals surface area contributed by atoms with Gasteiger partial charge >= 0.3 is 0 Å². The lowest BCUT2D eigenvalue weighted by atomic mass is 9.76. The maximum absolute atomic E-state index is 13.9. The van der Waals surface area contributed by atoms with E-state index in [2.05, 4.69) is 41.0 Å². The number of nitrogens with zero attached hydrogens (tertiary/aromatic N) is 5. The first-order valence-electron chi connectivity index (χ1n) is 13.3. The van der Waals surface area contributed by atoms with Crippen LogP contribution in [0.4, 0.5) is 5.95 Å². The van der Waals surface area contributed by atoms with Crippen LogP contribution >= 0.6 is 0 Å². The molecule has 7 nitrogen and oxygen atoms in total. The number of anilines is 1. The van der Waals surface area contributed by atoms with Crippen LogP contribution in [0.25, 0.3) is 11.0 Å². The van der Waals surface area contributed by atoms with Crippen LogP contribution in [0, 0.1) is 11.8 Å². The van der Waals surface area contributed by atoms with Crippen molar-refractivity contribution >= 4 is 22.7 Å². The largest absolute Gasteiger partial charge is 0.341 e. The predicted molar refractivity (Wildman–Crippen MR) is 145 cm³/mol. The fourth-order valence-electron chi connectivity index (χ4n) is 6.30.